The first-order valence-corrected chi connectivity index (χ1v) is 8.06. The van der Waals surface area contributed by atoms with Crippen molar-refractivity contribution in [2.45, 2.75) is 20.8 Å². The van der Waals surface area contributed by atoms with Crippen molar-refractivity contribution in [3.8, 4) is 0 Å². The van der Waals surface area contributed by atoms with Crippen LogP contribution in [0.2, 0.25) is 0 Å². The molecule has 1 aromatic carbocycles. The van der Waals surface area contributed by atoms with Crippen LogP contribution in [0.5, 0.6) is 0 Å². The van der Waals surface area contributed by atoms with Gasteiger partial charge in [0.1, 0.15) is 4.88 Å². The number of para-hydroxylation sites is 1. The van der Waals surface area contributed by atoms with Crippen molar-refractivity contribution in [1.29, 1.82) is 0 Å². The molecule has 0 fully saturated rings. The number of nitrogens with zero attached hydrogens (tertiary/aromatic N) is 1. The molecule has 122 valence electrons. The molecule has 7 heteroatoms. The predicted molar refractivity (Wildman–Crippen MR) is 88.5 cm³/mol. The van der Waals surface area contributed by atoms with E-state index in [1.54, 1.807) is 45.0 Å². The largest absolute Gasteiger partial charge is 0.462 e. The molecule has 0 saturated carbocycles. The standard InChI is InChI=1S/C16H18N2O4S/c1-4-21-14(19)11-8-6-7-9-12(11)18-16-17-10(3)13(23-16)15(20)22-5-2/h6-9H,4-5H2,1-3H3,(H,17,18). The fourth-order valence-corrected chi connectivity index (χ4v) is 2.80. The lowest BCUT2D eigenvalue weighted by molar-refractivity contribution is 0.0519. The summed E-state index contributed by atoms with van der Waals surface area (Å²) in [6.45, 7) is 5.86. The van der Waals surface area contributed by atoms with Gasteiger partial charge in [0.15, 0.2) is 5.13 Å². The smallest absolute Gasteiger partial charge is 0.350 e. The summed E-state index contributed by atoms with van der Waals surface area (Å²) < 4.78 is 10.0. The van der Waals surface area contributed by atoms with Crippen molar-refractivity contribution < 1.29 is 19.1 Å². The van der Waals surface area contributed by atoms with Gasteiger partial charge in [0.2, 0.25) is 0 Å². The van der Waals surface area contributed by atoms with E-state index in [9.17, 15) is 9.59 Å². The van der Waals surface area contributed by atoms with Crippen LogP contribution < -0.4 is 5.32 Å². The highest BCUT2D eigenvalue weighted by Gasteiger charge is 2.18. The number of esters is 2. The van der Waals surface area contributed by atoms with Gasteiger partial charge in [0, 0.05) is 0 Å². The van der Waals surface area contributed by atoms with Crippen LogP contribution in [0.15, 0.2) is 24.3 Å². The van der Waals surface area contributed by atoms with E-state index < -0.39 is 11.9 Å². The van der Waals surface area contributed by atoms with E-state index >= 15 is 0 Å². The number of aryl methyl sites for hydroxylation is 1. The normalized spacial score (nSPS) is 10.2. The average molecular weight is 334 g/mol. The summed E-state index contributed by atoms with van der Waals surface area (Å²) in [5.74, 6) is -0.802. The molecule has 0 unspecified atom stereocenters. The molecule has 0 aliphatic carbocycles. The van der Waals surface area contributed by atoms with Gasteiger partial charge in [-0.1, -0.05) is 23.5 Å². The Bertz CT molecular complexity index is 712. The first-order valence-electron chi connectivity index (χ1n) is 7.24. The number of carbonyl (C=O) groups excluding carboxylic acids is 2. The number of thiazole rings is 1. The summed E-state index contributed by atoms with van der Waals surface area (Å²) in [4.78, 5) is 28.6. The highest BCUT2D eigenvalue weighted by atomic mass is 32.1. The van der Waals surface area contributed by atoms with Crippen molar-refractivity contribution in [3.05, 3.63) is 40.4 Å². The van der Waals surface area contributed by atoms with Crippen LogP contribution in [-0.4, -0.2) is 30.1 Å². The summed E-state index contributed by atoms with van der Waals surface area (Å²) in [6.07, 6.45) is 0. The minimum Gasteiger partial charge on any atom is -0.462 e. The quantitative estimate of drug-likeness (QED) is 0.814. The molecule has 2 rings (SSSR count). The number of benzene rings is 1. The minimum absolute atomic E-state index is 0.302. The molecule has 0 aliphatic rings. The molecule has 2 aromatic rings. The van der Waals surface area contributed by atoms with E-state index in [4.69, 9.17) is 9.47 Å². The summed E-state index contributed by atoms with van der Waals surface area (Å²) in [7, 11) is 0. The summed E-state index contributed by atoms with van der Waals surface area (Å²) >= 11 is 1.19. The molecule has 0 spiro atoms. The third-order valence-electron chi connectivity index (χ3n) is 2.92. The van der Waals surface area contributed by atoms with Gasteiger partial charge in [-0.15, -0.1) is 0 Å². The van der Waals surface area contributed by atoms with Gasteiger partial charge in [0.05, 0.1) is 30.2 Å². The van der Waals surface area contributed by atoms with Gasteiger partial charge in [-0.05, 0) is 32.9 Å². The molecule has 0 bridgehead atoms. The van der Waals surface area contributed by atoms with E-state index in [0.29, 0.717) is 40.2 Å². The average Bonchev–Trinajstić information content (AvgIpc) is 2.89. The van der Waals surface area contributed by atoms with Gasteiger partial charge >= 0.3 is 11.9 Å². The van der Waals surface area contributed by atoms with Crippen LogP contribution in [0, 0.1) is 6.92 Å². The third-order valence-corrected chi connectivity index (χ3v) is 3.97. The van der Waals surface area contributed by atoms with Crippen LogP contribution in [0.3, 0.4) is 0 Å². The molecule has 1 aromatic heterocycles. The first kappa shape index (κ1) is 17.0. The summed E-state index contributed by atoms with van der Waals surface area (Å²) in [5.41, 5.74) is 1.58. The number of ether oxygens (including phenoxy) is 2. The molecule has 0 radical (unpaired) electrons. The first-order chi connectivity index (χ1) is 11.1. The van der Waals surface area contributed by atoms with Crippen molar-refractivity contribution in [2.24, 2.45) is 0 Å². The van der Waals surface area contributed by atoms with Gasteiger partial charge < -0.3 is 14.8 Å². The molecule has 6 nitrogen and oxygen atoms in total. The second kappa shape index (κ2) is 7.73. The van der Waals surface area contributed by atoms with Crippen molar-refractivity contribution in [1.82, 2.24) is 4.98 Å². The molecular weight excluding hydrogens is 316 g/mol. The molecule has 1 N–H and O–H groups in total. The van der Waals surface area contributed by atoms with Crippen LogP contribution in [0.1, 0.15) is 39.6 Å². The van der Waals surface area contributed by atoms with Crippen molar-refractivity contribution in [2.75, 3.05) is 18.5 Å². The molecule has 0 aliphatic heterocycles. The zero-order valence-corrected chi connectivity index (χ0v) is 14.0. The molecule has 0 amide bonds. The minimum atomic E-state index is -0.408. The summed E-state index contributed by atoms with van der Waals surface area (Å²) in [6, 6.07) is 6.99. The summed E-state index contributed by atoms with van der Waals surface area (Å²) in [5, 5.41) is 3.58. The maximum absolute atomic E-state index is 12.0. The monoisotopic (exact) mass is 334 g/mol. The molecule has 0 saturated heterocycles. The highest BCUT2D eigenvalue weighted by Crippen LogP contribution is 2.28. The van der Waals surface area contributed by atoms with Crippen LogP contribution in [-0.2, 0) is 9.47 Å². The van der Waals surface area contributed by atoms with Gasteiger partial charge in [0.25, 0.3) is 0 Å². The van der Waals surface area contributed by atoms with E-state index in [1.807, 2.05) is 0 Å². The fraction of sp³-hybridized carbons (Fsp3) is 0.312. The SMILES string of the molecule is CCOC(=O)c1ccccc1Nc1nc(C)c(C(=O)OCC)s1. The van der Waals surface area contributed by atoms with Crippen molar-refractivity contribution >= 4 is 34.1 Å². The van der Waals surface area contributed by atoms with Crippen LogP contribution >= 0.6 is 11.3 Å². The molecule has 0 atom stereocenters. The van der Waals surface area contributed by atoms with Crippen LogP contribution in [0.25, 0.3) is 0 Å². The lowest BCUT2D eigenvalue weighted by atomic mass is 10.2. The number of anilines is 2. The Morgan fingerprint density at radius 2 is 1.78 bits per heavy atom. The number of aromatic nitrogens is 1. The zero-order valence-electron chi connectivity index (χ0n) is 13.2. The molecular formula is C16H18N2O4S. The number of rotatable bonds is 6. The Morgan fingerprint density at radius 1 is 1.13 bits per heavy atom. The van der Waals surface area contributed by atoms with E-state index in [0.717, 1.165) is 0 Å². The number of hydrogen-bond acceptors (Lipinski definition) is 7. The number of carbonyl (C=O) groups is 2. The van der Waals surface area contributed by atoms with E-state index in [1.165, 1.54) is 11.3 Å². The second-order valence-corrected chi connectivity index (χ2v) is 5.54. The Labute approximate surface area is 138 Å². The highest BCUT2D eigenvalue weighted by molar-refractivity contribution is 7.17. The van der Waals surface area contributed by atoms with E-state index in [2.05, 4.69) is 10.3 Å². The maximum atomic E-state index is 12.0. The number of nitrogens with one attached hydrogen (secondary N) is 1. The Hall–Kier alpha value is -2.41. The zero-order chi connectivity index (χ0) is 16.8. The fourth-order valence-electron chi connectivity index (χ4n) is 1.93. The van der Waals surface area contributed by atoms with Crippen molar-refractivity contribution in [3.63, 3.8) is 0 Å². The lowest BCUT2D eigenvalue weighted by Gasteiger charge is -2.08. The van der Waals surface area contributed by atoms with Gasteiger partial charge in [-0.3, -0.25) is 0 Å². The number of hydrogen-bond donors (Lipinski definition) is 1. The Kier molecular flexibility index (Phi) is 5.70. The third kappa shape index (κ3) is 4.07. The van der Waals surface area contributed by atoms with Gasteiger partial charge in [-0.25, -0.2) is 14.6 Å². The topological polar surface area (TPSA) is 77.5 Å². The Balaban J connectivity index is 2.25. The van der Waals surface area contributed by atoms with Crippen LogP contribution in [0.4, 0.5) is 10.8 Å². The predicted octanol–water partition coefficient (Wildman–Crippen LogP) is 3.55. The molecule has 1 heterocycles. The lowest BCUT2D eigenvalue weighted by Crippen LogP contribution is -2.07. The van der Waals surface area contributed by atoms with E-state index in [-0.39, 0.29) is 0 Å². The second-order valence-electron chi connectivity index (χ2n) is 4.55. The van der Waals surface area contributed by atoms with Gasteiger partial charge in [-0.2, -0.15) is 0 Å². The Morgan fingerprint density at radius 3 is 2.48 bits per heavy atom. The molecule has 23 heavy (non-hydrogen) atoms. The maximum Gasteiger partial charge on any atom is 0.350 e.